The average Bonchev–Trinajstić information content (AvgIpc) is 3.53. The van der Waals surface area contributed by atoms with Crippen LogP contribution in [0.2, 0.25) is 0 Å². The van der Waals surface area contributed by atoms with Crippen LogP contribution in [-0.4, -0.2) is 27.6 Å². The number of ether oxygens (including phenoxy) is 2. The minimum atomic E-state index is 0.0209. The van der Waals surface area contributed by atoms with Gasteiger partial charge >= 0.3 is 0 Å². The molecule has 2 aliphatic rings. The van der Waals surface area contributed by atoms with Gasteiger partial charge in [-0.15, -0.1) is 0 Å². The van der Waals surface area contributed by atoms with Crippen LogP contribution in [0.1, 0.15) is 74.3 Å². The van der Waals surface area contributed by atoms with Crippen molar-refractivity contribution in [2.45, 2.75) is 84.8 Å². The van der Waals surface area contributed by atoms with Crippen molar-refractivity contribution in [1.82, 2.24) is 9.55 Å². The van der Waals surface area contributed by atoms with Crippen molar-refractivity contribution in [2.24, 2.45) is 4.99 Å². The molecule has 1 saturated carbocycles. The van der Waals surface area contributed by atoms with Crippen LogP contribution in [-0.2, 0) is 10.2 Å². The zero-order valence-electron chi connectivity index (χ0n) is 25.5. The third-order valence-corrected chi connectivity index (χ3v) is 8.93. The van der Waals surface area contributed by atoms with E-state index >= 15 is 0 Å². The molecule has 5 heteroatoms. The minimum absolute atomic E-state index is 0.0209. The van der Waals surface area contributed by atoms with E-state index in [4.69, 9.17) is 19.5 Å². The highest BCUT2D eigenvalue weighted by Crippen LogP contribution is 2.38. The lowest BCUT2D eigenvalue weighted by molar-refractivity contribution is 0.153. The van der Waals surface area contributed by atoms with Crippen molar-refractivity contribution >= 4 is 27.7 Å². The fourth-order valence-corrected chi connectivity index (χ4v) is 6.55. The lowest BCUT2D eigenvalue weighted by atomic mass is 9.88. The third-order valence-electron chi connectivity index (χ3n) is 8.93. The van der Waals surface area contributed by atoms with Crippen molar-refractivity contribution in [3.63, 3.8) is 0 Å². The van der Waals surface area contributed by atoms with E-state index in [1.807, 2.05) is 6.20 Å². The molecular formula is C37H39N3O2. The molecular weight excluding hydrogens is 518 g/mol. The van der Waals surface area contributed by atoms with Crippen molar-refractivity contribution in [1.29, 1.82) is 0 Å². The summed E-state index contributed by atoms with van der Waals surface area (Å²) in [6.45, 7) is 13.1. The second kappa shape index (κ2) is 10.0. The Balaban J connectivity index is 1.32. The molecule has 214 valence electrons. The molecule has 0 spiro atoms. The molecule has 0 unspecified atom stereocenters. The summed E-state index contributed by atoms with van der Waals surface area (Å²) >= 11 is 0. The maximum Gasteiger partial charge on any atom is 0.217 e. The molecule has 0 amide bonds. The fourth-order valence-electron chi connectivity index (χ4n) is 6.55. The number of pyridine rings is 1. The summed E-state index contributed by atoms with van der Waals surface area (Å²) in [7, 11) is 0. The molecule has 5 nitrogen and oxygen atoms in total. The quantitative estimate of drug-likeness (QED) is 0.221. The lowest BCUT2D eigenvalue weighted by Gasteiger charge is -2.22. The van der Waals surface area contributed by atoms with Crippen LogP contribution in [0.3, 0.4) is 0 Å². The van der Waals surface area contributed by atoms with Crippen LogP contribution in [0.15, 0.2) is 71.9 Å². The van der Waals surface area contributed by atoms with Gasteiger partial charge in [0.05, 0.1) is 17.1 Å². The second-order valence-electron chi connectivity index (χ2n) is 13.2. The van der Waals surface area contributed by atoms with Gasteiger partial charge in [0.25, 0.3) is 0 Å². The van der Waals surface area contributed by atoms with E-state index in [1.165, 1.54) is 34.7 Å². The molecule has 1 aliphatic carbocycles. The van der Waals surface area contributed by atoms with Gasteiger partial charge in [0.15, 0.2) is 0 Å². The monoisotopic (exact) mass is 557 g/mol. The van der Waals surface area contributed by atoms with Gasteiger partial charge in [-0.05, 0) is 105 Å². The van der Waals surface area contributed by atoms with Gasteiger partial charge in [-0.25, -0.2) is 9.98 Å². The Hall–Kier alpha value is -4.12. The maximum absolute atomic E-state index is 6.64. The highest BCUT2D eigenvalue weighted by atomic mass is 16.5. The first-order valence-corrected chi connectivity index (χ1v) is 15.2. The molecule has 3 aromatic carbocycles. The van der Waals surface area contributed by atoms with Crippen molar-refractivity contribution in [2.75, 3.05) is 0 Å². The molecule has 0 bridgehead atoms. The van der Waals surface area contributed by atoms with E-state index in [9.17, 15) is 0 Å². The van der Waals surface area contributed by atoms with Crippen LogP contribution in [0.4, 0.5) is 0 Å². The molecule has 1 fully saturated rings. The summed E-state index contributed by atoms with van der Waals surface area (Å²) in [6.07, 6.45) is 6.80. The van der Waals surface area contributed by atoms with Crippen LogP contribution < -0.4 is 4.74 Å². The number of hydrogen-bond donors (Lipinski definition) is 0. The van der Waals surface area contributed by atoms with Crippen LogP contribution >= 0.6 is 0 Å². The first-order chi connectivity index (χ1) is 20.2. The number of aromatic nitrogens is 2. The summed E-state index contributed by atoms with van der Waals surface area (Å²) < 4.78 is 15.3. The largest absolute Gasteiger partial charge is 0.472 e. The zero-order valence-corrected chi connectivity index (χ0v) is 25.5. The summed E-state index contributed by atoms with van der Waals surface area (Å²) in [5.41, 5.74) is 7.99. The molecule has 0 saturated heterocycles. The molecule has 3 heterocycles. The van der Waals surface area contributed by atoms with E-state index in [-0.39, 0.29) is 17.6 Å². The fraction of sp³-hybridized carbons (Fsp3) is 0.351. The topological polar surface area (TPSA) is 48.6 Å². The number of aliphatic imine (C=N–C) groups is 1. The Morgan fingerprint density at radius 1 is 0.833 bits per heavy atom. The number of benzene rings is 3. The zero-order chi connectivity index (χ0) is 29.2. The number of aryl methyl sites for hydroxylation is 3. The van der Waals surface area contributed by atoms with Gasteiger partial charge in [-0.1, -0.05) is 44.9 Å². The highest BCUT2D eigenvalue weighted by molar-refractivity contribution is 6.09. The third kappa shape index (κ3) is 4.65. The lowest BCUT2D eigenvalue weighted by Crippen LogP contribution is -2.26. The predicted octanol–water partition coefficient (Wildman–Crippen LogP) is 9.28. The van der Waals surface area contributed by atoms with Crippen LogP contribution in [0, 0.1) is 20.8 Å². The van der Waals surface area contributed by atoms with E-state index in [0.717, 1.165) is 63.8 Å². The molecule has 42 heavy (non-hydrogen) atoms. The second-order valence-corrected chi connectivity index (χ2v) is 13.2. The molecule has 7 rings (SSSR count). The average molecular weight is 558 g/mol. The van der Waals surface area contributed by atoms with E-state index < -0.39 is 0 Å². The Morgan fingerprint density at radius 2 is 1.67 bits per heavy atom. The van der Waals surface area contributed by atoms with Gasteiger partial charge in [0.1, 0.15) is 23.4 Å². The molecule has 1 aliphatic heterocycles. The SMILES string of the molecule is Cc1ccc2c(c1)c1ccc(Oc3cc(C4=N[C@H]5CCCC[C@@H]5O4)c(C)cc3C)cc1n2-c1cc(C(C)(C)C)ccn1. The molecule has 5 aromatic rings. The van der Waals surface area contributed by atoms with E-state index in [0.29, 0.717) is 0 Å². The van der Waals surface area contributed by atoms with Gasteiger partial charge in [0, 0.05) is 28.6 Å². The molecule has 0 N–H and O–H groups in total. The summed E-state index contributed by atoms with van der Waals surface area (Å²) in [4.78, 5) is 9.83. The van der Waals surface area contributed by atoms with Gasteiger partial charge < -0.3 is 9.47 Å². The van der Waals surface area contributed by atoms with E-state index in [1.54, 1.807) is 0 Å². The van der Waals surface area contributed by atoms with Gasteiger partial charge in [0.2, 0.25) is 5.90 Å². The van der Waals surface area contributed by atoms with Crippen LogP contribution in [0.25, 0.3) is 27.6 Å². The number of nitrogens with zero attached hydrogens (tertiary/aromatic N) is 3. The standard InChI is InChI=1S/C37H39N3O2/c1-22-11-14-31-29(17-22)27-13-12-26(20-32(27)40(31)35-19-25(15-16-38-35)37(4,5)6)41-34-21-28(23(2)18-24(34)3)36-39-30-9-7-8-10-33(30)42-36/h11-21,30,33H,7-10H2,1-6H3/t30-,33-/m0/s1. The first kappa shape index (κ1) is 26.8. The molecule has 0 radical (unpaired) electrons. The predicted molar refractivity (Wildman–Crippen MR) is 172 cm³/mol. The number of fused-ring (bicyclic) bond motifs is 4. The smallest absolute Gasteiger partial charge is 0.217 e. The van der Waals surface area contributed by atoms with E-state index in [2.05, 4.69) is 107 Å². The number of hydrogen-bond acceptors (Lipinski definition) is 4. The summed E-state index contributed by atoms with van der Waals surface area (Å²) in [6, 6.07) is 21.9. The van der Waals surface area contributed by atoms with Gasteiger partial charge in [-0.2, -0.15) is 0 Å². The Bertz CT molecular complexity index is 1870. The molecule has 2 aromatic heterocycles. The first-order valence-electron chi connectivity index (χ1n) is 15.2. The molecule has 2 atom stereocenters. The summed E-state index contributed by atoms with van der Waals surface area (Å²) in [5.74, 6) is 3.29. The highest BCUT2D eigenvalue weighted by Gasteiger charge is 2.34. The maximum atomic E-state index is 6.64. The Kier molecular flexibility index (Phi) is 6.38. The Morgan fingerprint density at radius 3 is 2.48 bits per heavy atom. The van der Waals surface area contributed by atoms with Crippen molar-refractivity contribution in [3.05, 3.63) is 94.7 Å². The van der Waals surface area contributed by atoms with Gasteiger partial charge in [-0.3, -0.25) is 4.57 Å². The Labute approximate surface area is 248 Å². The van der Waals surface area contributed by atoms with Crippen molar-refractivity contribution in [3.8, 4) is 17.3 Å². The normalized spacial score (nSPS) is 18.7. The van der Waals surface area contributed by atoms with Crippen molar-refractivity contribution < 1.29 is 9.47 Å². The van der Waals surface area contributed by atoms with Crippen LogP contribution in [0.5, 0.6) is 11.5 Å². The minimum Gasteiger partial charge on any atom is -0.472 e. The summed E-state index contributed by atoms with van der Waals surface area (Å²) in [5, 5.41) is 2.40. The number of rotatable bonds is 4.